The Morgan fingerprint density at radius 3 is 3.00 bits per heavy atom. The van der Waals surface area contributed by atoms with Crippen LogP contribution in [0.2, 0.25) is 0 Å². The van der Waals surface area contributed by atoms with Gasteiger partial charge in [-0.1, -0.05) is 13.8 Å². The molecule has 0 amide bonds. The zero-order chi connectivity index (χ0) is 8.81. The topological polar surface area (TPSA) is 24.7 Å². The van der Waals surface area contributed by atoms with Crippen LogP contribution in [-0.2, 0) is 0 Å². The molecule has 0 saturated carbocycles. The molecular weight excluding hydrogens is 148 g/mol. The highest BCUT2D eigenvalue weighted by molar-refractivity contribution is 5.73. The Hall–Kier alpha value is -0.660. The van der Waals surface area contributed by atoms with Crippen molar-refractivity contribution in [1.82, 2.24) is 0 Å². The largest absolute Gasteiger partial charge is 0.274 e. The van der Waals surface area contributed by atoms with Crippen molar-refractivity contribution in [3.63, 3.8) is 0 Å². The lowest BCUT2D eigenvalue weighted by Crippen LogP contribution is -2.06. The molecule has 2 nitrogen and oxygen atoms in total. The molecule has 1 heterocycles. The summed E-state index contributed by atoms with van der Waals surface area (Å²) >= 11 is 0. The van der Waals surface area contributed by atoms with E-state index in [0.717, 1.165) is 12.5 Å². The molecule has 2 heteroatoms. The van der Waals surface area contributed by atoms with Crippen molar-refractivity contribution in [2.24, 2.45) is 21.8 Å². The lowest BCUT2D eigenvalue weighted by Gasteiger charge is -2.13. The average molecular weight is 166 g/mol. The second-order valence-corrected chi connectivity index (χ2v) is 3.78. The van der Waals surface area contributed by atoms with E-state index in [1.165, 1.54) is 19.3 Å². The van der Waals surface area contributed by atoms with E-state index in [1.807, 2.05) is 6.21 Å². The lowest BCUT2D eigenvalue weighted by molar-refractivity contribution is 0.443. The van der Waals surface area contributed by atoms with E-state index >= 15 is 0 Å². The van der Waals surface area contributed by atoms with Crippen LogP contribution in [0, 0.1) is 11.8 Å². The van der Waals surface area contributed by atoms with E-state index in [1.54, 1.807) is 6.34 Å². The standard InChI is InChI=1S/C10H18N2/c1-9-4-3-5-11-8-12-7-10(2)6-9/h7-10H,3-6H2,1-2H3/t9-,10?/m0/s1. The highest BCUT2D eigenvalue weighted by Crippen LogP contribution is 2.15. The third kappa shape index (κ3) is 3.65. The van der Waals surface area contributed by atoms with Crippen molar-refractivity contribution in [3.8, 4) is 0 Å². The lowest BCUT2D eigenvalue weighted by atomic mass is 9.94. The van der Waals surface area contributed by atoms with Crippen LogP contribution in [0.1, 0.15) is 33.1 Å². The van der Waals surface area contributed by atoms with Gasteiger partial charge in [-0.05, 0) is 31.1 Å². The highest BCUT2D eigenvalue weighted by atomic mass is 14.8. The van der Waals surface area contributed by atoms with Gasteiger partial charge in [0.25, 0.3) is 0 Å². The number of aliphatic imine (C=N–C) groups is 2. The summed E-state index contributed by atoms with van der Waals surface area (Å²) in [6, 6.07) is 0. The zero-order valence-electron chi connectivity index (χ0n) is 8.03. The third-order valence-corrected chi connectivity index (χ3v) is 2.25. The molecule has 0 aromatic rings. The Morgan fingerprint density at radius 1 is 1.33 bits per heavy atom. The van der Waals surface area contributed by atoms with Crippen molar-refractivity contribution in [2.75, 3.05) is 6.54 Å². The molecule has 0 bridgehead atoms. The van der Waals surface area contributed by atoms with Gasteiger partial charge >= 0.3 is 0 Å². The Bertz CT molecular complexity index is 173. The number of nitrogens with zero attached hydrogens (tertiary/aromatic N) is 2. The van der Waals surface area contributed by atoms with E-state index in [4.69, 9.17) is 0 Å². The minimum Gasteiger partial charge on any atom is -0.274 e. The first-order valence-corrected chi connectivity index (χ1v) is 4.80. The van der Waals surface area contributed by atoms with E-state index in [-0.39, 0.29) is 0 Å². The van der Waals surface area contributed by atoms with Gasteiger partial charge in [0.1, 0.15) is 6.34 Å². The van der Waals surface area contributed by atoms with E-state index in [9.17, 15) is 0 Å². The van der Waals surface area contributed by atoms with E-state index < -0.39 is 0 Å². The smallest absolute Gasteiger partial charge is 0.109 e. The Morgan fingerprint density at radius 2 is 2.17 bits per heavy atom. The molecule has 0 spiro atoms. The van der Waals surface area contributed by atoms with Gasteiger partial charge < -0.3 is 0 Å². The molecule has 1 rings (SSSR count). The minimum absolute atomic E-state index is 0.601. The third-order valence-electron chi connectivity index (χ3n) is 2.25. The van der Waals surface area contributed by atoms with Crippen LogP contribution in [0.15, 0.2) is 9.98 Å². The van der Waals surface area contributed by atoms with E-state index in [0.29, 0.717) is 5.92 Å². The quantitative estimate of drug-likeness (QED) is 0.528. The van der Waals surface area contributed by atoms with Crippen molar-refractivity contribution in [1.29, 1.82) is 0 Å². The SMILES string of the molecule is CC1C=NC=NCCC[C@H](C)C1. The molecule has 1 aliphatic heterocycles. The van der Waals surface area contributed by atoms with Gasteiger partial charge in [0.15, 0.2) is 0 Å². The first-order valence-electron chi connectivity index (χ1n) is 4.80. The molecule has 0 radical (unpaired) electrons. The molecule has 0 N–H and O–H groups in total. The summed E-state index contributed by atoms with van der Waals surface area (Å²) in [5.74, 6) is 1.42. The van der Waals surface area contributed by atoms with Crippen LogP contribution in [0.25, 0.3) is 0 Å². The van der Waals surface area contributed by atoms with Crippen LogP contribution in [0.4, 0.5) is 0 Å². The molecular formula is C10H18N2. The maximum Gasteiger partial charge on any atom is 0.109 e. The van der Waals surface area contributed by atoms with Gasteiger partial charge in [-0.25, -0.2) is 4.99 Å². The number of hydrogen-bond donors (Lipinski definition) is 0. The van der Waals surface area contributed by atoms with Gasteiger partial charge in [-0.3, -0.25) is 4.99 Å². The van der Waals surface area contributed by atoms with Crippen molar-refractivity contribution in [2.45, 2.75) is 33.1 Å². The second-order valence-electron chi connectivity index (χ2n) is 3.78. The summed E-state index contributed by atoms with van der Waals surface area (Å²) in [7, 11) is 0. The first kappa shape index (κ1) is 9.43. The summed E-state index contributed by atoms with van der Waals surface area (Å²) in [4.78, 5) is 8.31. The Labute approximate surface area is 74.8 Å². The van der Waals surface area contributed by atoms with Crippen molar-refractivity contribution >= 4 is 12.6 Å². The van der Waals surface area contributed by atoms with Crippen LogP contribution in [-0.4, -0.2) is 19.1 Å². The summed E-state index contributed by atoms with van der Waals surface area (Å²) in [6.45, 7) is 5.47. The maximum atomic E-state index is 4.18. The maximum absolute atomic E-state index is 4.18. The van der Waals surface area contributed by atoms with Crippen molar-refractivity contribution < 1.29 is 0 Å². The molecule has 12 heavy (non-hydrogen) atoms. The molecule has 1 aliphatic rings. The zero-order valence-corrected chi connectivity index (χ0v) is 8.03. The summed E-state index contributed by atoms with van der Waals surface area (Å²) in [5, 5.41) is 0. The predicted octanol–water partition coefficient (Wildman–Crippen LogP) is 2.54. The first-order chi connectivity index (χ1) is 5.79. The van der Waals surface area contributed by atoms with Crippen LogP contribution >= 0.6 is 0 Å². The summed E-state index contributed by atoms with van der Waals surface area (Å²) in [6.07, 6.45) is 7.46. The molecule has 0 aromatic heterocycles. The molecule has 1 unspecified atom stereocenters. The van der Waals surface area contributed by atoms with Crippen molar-refractivity contribution in [3.05, 3.63) is 0 Å². The van der Waals surface area contributed by atoms with Gasteiger partial charge in [-0.2, -0.15) is 0 Å². The van der Waals surface area contributed by atoms with Gasteiger partial charge in [-0.15, -0.1) is 0 Å². The highest BCUT2D eigenvalue weighted by Gasteiger charge is 2.06. The monoisotopic (exact) mass is 166 g/mol. The summed E-state index contributed by atoms with van der Waals surface area (Å²) < 4.78 is 0. The molecule has 0 fully saturated rings. The fourth-order valence-corrected chi connectivity index (χ4v) is 1.63. The molecule has 0 aromatic carbocycles. The average Bonchev–Trinajstić information content (AvgIpc) is 2.02. The van der Waals surface area contributed by atoms with Gasteiger partial charge in [0.05, 0.1) is 0 Å². The van der Waals surface area contributed by atoms with Gasteiger partial charge in [0, 0.05) is 12.8 Å². The Kier molecular flexibility index (Phi) is 3.98. The van der Waals surface area contributed by atoms with Gasteiger partial charge in [0.2, 0.25) is 0 Å². The van der Waals surface area contributed by atoms with Crippen LogP contribution in [0.5, 0.6) is 0 Å². The fourth-order valence-electron chi connectivity index (χ4n) is 1.63. The summed E-state index contributed by atoms with van der Waals surface area (Å²) in [5.41, 5.74) is 0. The second kappa shape index (κ2) is 5.07. The minimum atomic E-state index is 0.601. The molecule has 0 saturated heterocycles. The Balaban J connectivity index is 2.47. The molecule has 2 atom stereocenters. The predicted molar refractivity (Wildman–Crippen MR) is 54.0 cm³/mol. The normalized spacial score (nSPS) is 31.8. The molecule has 68 valence electrons. The number of hydrogen-bond acceptors (Lipinski definition) is 2. The number of rotatable bonds is 0. The fraction of sp³-hybridized carbons (Fsp3) is 0.800. The van der Waals surface area contributed by atoms with Crippen LogP contribution < -0.4 is 0 Å². The molecule has 0 aliphatic carbocycles. The van der Waals surface area contributed by atoms with Crippen LogP contribution in [0.3, 0.4) is 0 Å². The van der Waals surface area contributed by atoms with E-state index in [2.05, 4.69) is 23.8 Å².